The van der Waals surface area contributed by atoms with Crippen LogP contribution in [-0.2, 0) is 0 Å². The third kappa shape index (κ3) is 5.36. The van der Waals surface area contributed by atoms with Gasteiger partial charge < -0.3 is 0 Å². The van der Waals surface area contributed by atoms with E-state index in [0.717, 1.165) is 13.1 Å². The van der Waals surface area contributed by atoms with Gasteiger partial charge in [0, 0.05) is 12.6 Å². The first-order chi connectivity index (χ1) is 5.57. The normalized spacial score (nSPS) is 12.7. The van der Waals surface area contributed by atoms with Crippen molar-refractivity contribution in [1.29, 1.82) is 0 Å². The number of hydrogen-bond donors (Lipinski definition) is 0. The van der Waals surface area contributed by atoms with Crippen LogP contribution in [-0.4, -0.2) is 24.0 Å². The molecule has 0 unspecified atom stereocenters. The van der Waals surface area contributed by atoms with Crippen molar-refractivity contribution >= 4 is 0 Å². The summed E-state index contributed by atoms with van der Waals surface area (Å²) in [5.41, 5.74) is 0. The number of likely N-dealkylation sites (N-methyl/N-ethyl adjacent to an activating group) is 1. The van der Waals surface area contributed by atoms with Crippen LogP contribution in [0.15, 0.2) is 12.2 Å². The van der Waals surface area contributed by atoms with Crippen LogP contribution in [0, 0.1) is 5.92 Å². The van der Waals surface area contributed by atoms with Crippen LogP contribution in [0.2, 0.25) is 0 Å². The van der Waals surface area contributed by atoms with Crippen LogP contribution in [0.4, 0.5) is 0 Å². The number of rotatable bonds is 5. The molecule has 0 rings (SSSR count). The lowest BCUT2D eigenvalue weighted by atomic mass is 10.2. The third-order valence-corrected chi connectivity index (χ3v) is 2.00. The standard InChI is InChI=1S/C11H23N/c1-6-12(11(4)5)9-7-8-10(2)3/h7-8,10-11H,6,9H2,1-5H3/b8-7-. The summed E-state index contributed by atoms with van der Waals surface area (Å²) in [6.07, 6.45) is 4.54. The number of hydrogen-bond acceptors (Lipinski definition) is 1. The Morgan fingerprint density at radius 2 is 1.75 bits per heavy atom. The summed E-state index contributed by atoms with van der Waals surface area (Å²) in [5, 5.41) is 0. The molecular formula is C11H23N. The van der Waals surface area contributed by atoms with Crippen molar-refractivity contribution in [2.75, 3.05) is 13.1 Å². The molecule has 0 aliphatic carbocycles. The van der Waals surface area contributed by atoms with E-state index in [9.17, 15) is 0 Å². The van der Waals surface area contributed by atoms with Crippen molar-refractivity contribution in [1.82, 2.24) is 4.90 Å². The monoisotopic (exact) mass is 169 g/mol. The van der Waals surface area contributed by atoms with Gasteiger partial charge in [-0.05, 0) is 26.3 Å². The molecule has 0 aromatic rings. The Bertz CT molecular complexity index is 125. The molecule has 0 saturated heterocycles. The lowest BCUT2D eigenvalue weighted by Gasteiger charge is -2.22. The average Bonchev–Trinajstić information content (AvgIpc) is 1.96. The van der Waals surface area contributed by atoms with E-state index in [1.165, 1.54) is 0 Å². The lowest BCUT2D eigenvalue weighted by molar-refractivity contribution is 0.259. The van der Waals surface area contributed by atoms with Crippen molar-refractivity contribution in [3.8, 4) is 0 Å². The van der Waals surface area contributed by atoms with Gasteiger partial charge in [0.15, 0.2) is 0 Å². The maximum Gasteiger partial charge on any atom is 0.0165 e. The average molecular weight is 169 g/mol. The van der Waals surface area contributed by atoms with E-state index in [-0.39, 0.29) is 0 Å². The highest BCUT2D eigenvalue weighted by molar-refractivity contribution is 4.87. The second-order valence-electron chi connectivity index (χ2n) is 3.85. The second-order valence-corrected chi connectivity index (χ2v) is 3.85. The van der Waals surface area contributed by atoms with Crippen molar-refractivity contribution in [3.63, 3.8) is 0 Å². The molecule has 0 heterocycles. The highest BCUT2D eigenvalue weighted by Crippen LogP contribution is 1.99. The SMILES string of the molecule is CCN(C/C=C\C(C)C)C(C)C. The molecule has 1 heteroatoms. The minimum atomic E-state index is 0.659. The zero-order chi connectivity index (χ0) is 9.56. The summed E-state index contributed by atoms with van der Waals surface area (Å²) in [5.74, 6) is 0.677. The van der Waals surface area contributed by atoms with Crippen molar-refractivity contribution in [2.45, 2.75) is 40.7 Å². The Morgan fingerprint density at radius 1 is 1.17 bits per heavy atom. The molecule has 0 N–H and O–H groups in total. The van der Waals surface area contributed by atoms with Gasteiger partial charge >= 0.3 is 0 Å². The molecule has 0 amide bonds. The van der Waals surface area contributed by atoms with E-state index in [0.29, 0.717) is 12.0 Å². The maximum atomic E-state index is 2.44. The predicted molar refractivity (Wildman–Crippen MR) is 56.4 cm³/mol. The third-order valence-electron chi connectivity index (χ3n) is 2.00. The molecule has 0 aliphatic rings. The van der Waals surface area contributed by atoms with Gasteiger partial charge in [-0.3, -0.25) is 4.90 Å². The van der Waals surface area contributed by atoms with Crippen molar-refractivity contribution in [3.05, 3.63) is 12.2 Å². The maximum absolute atomic E-state index is 2.44. The first-order valence-corrected chi connectivity index (χ1v) is 4.98. The number of nitrogens with zero attached hydrogens (tertiary/aromatic N) is 1. The van der Waals surface area contributed by atoms with E-state index in [1.807, 2.05) is 0 Å². The van der Waals surface area contributed by atoms with Gasteiger partial charge in [0.2, 0.25) is 0 Å². The molecule has 0 aromatic carbocycles. The van der Waals surface area contributed by atoms with E-state index >= 15 is 0 Å². The largest absolute Gasteiger partial charge is 0.298 e. The van der Waals surface area contributed by atoms with E-state index in [4.69, 9.17) is 0 Å². The summed E-state index contributed by atoms with van der Waals surface area (Å²) in [7, 11) is 0. The molecule has 0 radical (unpaired) electrons. The van der Waals surface area contributed by atoms with Crippen molar-refractivity contribution < 1.29 is 0 Å². The first kappa shape index (κ1) is 11.7. The Kier molecular flexibility index (Phi) is 6.09. The van der Waals surface area contributed by atoms with Gasteiger partial charge in [-0.1, -0.05) is 32.9 Å². The summed E-state index contributed by atoms with van der Waals surface area (Å²) in [6.45, 7) is 13.3. The highest BCUT2D eigenvalue weighted by Gasteiger charge is 2.02. The van der Waals surface area contributed by atoms with E-state index < -0.39 is 0 Å². The summed E-state index contributed by atoms with van der Waals surface area (Å²) in [6, 6.07) is 0.659. The van der Waals surface area contributed by atoms with Crippen LogP contribution >= 0.6 is 0 Å². The Labute approximate surface area is 77.5 Å². The Balaban J connectivity index is 3.72. The highest BCUT2D eigenvalue weighted by atomic mass is 15.1. The minimum Gasteiger partial charge on any atom is -0.298 e. The molecule has 0 atom stereocenters. The van der Waals surface area contributed by atoms with Gasteiger partial charge in [0.25, 0.3) is 0 Å². The molecule has 0 saturated carbocycles. The fraction of sp³-hybridized carbons (Fsp3) is 0.818. The zero-order valence-corrected chi connectivity index (χ0v) is 9.17. The molecule has 1 nitrogen and oxygen atoms in total. The smallest absolute Gasteiger partial charge is 0.0165 e. The summed E-state index contributed by atoms with van der Waals surface area (Å²) >= 11 is 0. The minimum absolute atomic E-state index is 0.659. The second kappa shape index (κ2) is 6.24. The summed E-state index contributed by atoms with van der Waals surface area (Å²) in [4.78, 5) is 2.44. The Morgan fingerprint density at radius 3 is 2.08 bits per heavy atom. The number of allylic oxidation sites excluding steroid dienone is 1. The van der Waals surface area contributed by atoms with E-state index in [1.54, 1.807) is 0 Å². The van der Waals surface area contributed by atoms with Crippen LogP contribution in [0.1, 0.15) is 34.6 Å². The topological polar surface area (TPSA) is 3.24 Å². The van der Waals surface area contributed by atoms with Gasteiger partial charge in [0.05, 0.1) is 0 Å². The van der Waals surface area contributed by atoms with Crippen LogP contribution < -0.4 is 0 Å². The van der Waals surface area contributed by atoms with Gasteiger partial charge in [0.1, 0.15) is 0 Å². The quantitative estimate of drug-likeness (QED) is 0.572. The molecule has 0 aliphatic heterocycles. The molecule has 0 fully saturated rings. The van der Waals surface area contributed by atoms with Gasteiger partial charge in [-0.15, -0.1) is 0 Å². The van der Waals surface area contributed by atoms with Crippen molar-refractivity contribution in [2.24, 2.45) is 5.92 Å². The molecule has 0 spiro atoms. The lowest BCUT2D eigenvalue weighted by Crippen LogP contribution is -2.30. The zero-order valence-electron chi connectivity index (χ0n) is 9.17. The fourth-order valence-corrected chi connectivity index (χ4v) is 1.17. The molecule has 12 heavy (non-hydrogen) atoms. The van der Waals surface area contributed by atoms with Gasteiger partial charge in [-0.25, -0.2) is 0 Å². The molecular weight excluding hydrogens is 146 g/mol. The molecule has 72 valence electrons. The predicted octanol–water partition coefficient (Wildman–Crippen LogP) is 2.93. The summed E-state index contributed by atoms with van der Waals surface area (Å²) < 4.78 is 0. The van der Waals surface area contributed by atoms with Gasteiger partial charge in [-0.2, -0.15) is 0 Å². The fourth-order valence-electron chi connectivity index (χ4n) is 1.17. The van der Waals surface area contributed by atoms with Crippen LogP contribution in [0.25, 0.3) is 0 Å². The molecule has 0 aromatic heterocycles. The first-order valence-electron chi connectivity index (χ1n) is 4.98. The van der Waals surface area contributed by atoms with E-state index in [2.05, 4.69) is 51.7 Å². The Hall–Kier alpha value is -0.300. The van der Waals surface area contributed by atoms with Crippen LogP contribution in [0.5, 0.6) is 0 Å². The van der Waals surface area contributed by atoms with Crippen LogP contribution in [0.3, 0.4) is 0 Å². The molecule has 0 bridgehead atoms.